The van der Waals surface area contributed by atoms with Crippen molar-refractivity contribution in [3.63, 3.8) is 0 Å². The molecule has 1 atom stereocenters. The maximum absolute atomic E-state index is 10.5. The monoisotopic (exact) mass is 624 g/mol. The van der Waals surface area contributed by atoms with Crippen molar-refractivity contribution in [2.75, 3.05) is 19.8 Å². The van der Waals surface area contributed by atoms with Crippen molar-refractivity contribution < 1.29 is 24.2 Å². The summed E-state index contributed by atoms with van der Waals surface area (Å²) < 4.78 is 9.88. The Bertz CT molecular complexity index is 945. The highest BCUT2D eigenvalue weighted by atomic mass is 16.5. The quantitative estimate of drug-likeness (QED) is 0.0999. The predicted octanol–water partition coefficient (Wildman–Crippen LogP) is 10.4. The summed E-state index contributed by atoms with van der Waals surface area (Å²) >= 11 is 0. The molecule has 0 aliphatic heterocycles. The fourth-order valence-electron chi connectivity index (χ4n) is 6.16. The fourth-order valence-corrected chi connectivity index (χ4v) is 6.16. The zero-order valence-electron chi connectivity index (χ0n) is 29.1. The third kappa shape index (κ3) is 18.8. The maximum Gasteiger partial charge on any atom is 0.293 e. The van der Waals surface area contributed by atoms with Gasteiger partial charge in [-0.15, -0.1) is 6.58 Å². The van der Waals surface area contributed by atoms with Gasteiger partial charge in [-0.25, -0.2) is 0 Å². The molecule has 0 amide bonds. The first-order valence-corrected chi connectivity index (χ1v) is 17.6. The van der Waals surface area contributed by atoms with E-state index in [0.717, 1.165) is 24.3 Å². The van der Waals surface area contributed by atoms with Gasteiger partial charge in [-0.05, 0) is 106 Å². The van der Waals surface area contributed by atoms with Crippen LogP contribution in [-0.4, -0.2) is 37.9 Å². The van der Waals surface area contributed by atoms with Crippen LogP contribution in [0.3, 0.4) is 0 Å². The number of ether oxygens (including phenoxy) is 2. The van der Waals surface area contributed by atoms with Crippen LogP contribution >= 0.6 is 0 Å². The van der Waals surface area contributed by atoms with E-state index in [1.54, 1.807) is 12.5 Å². The van der Waals surface area contributed by atoms with Crippen molar-refractivity contribution in [1.29, 1.82) is 0 Å². The van der Waals surface area contributed by atoms with Crippen LogP contribution in [0.5, 0.6) is 0 Å². The van der Waals surface area contributed by atoms with E-state index in [9.17, 15) is 9.59 Å². The number of hydrogen-bond donors (Lipinski definition) is 1. The minimum atomic E-state index is 0.0932. The van der Waals surface area contributed by atoms with Gasteiger partial charge >= 0.3 is 0 Å². The largest absolute Gasteiger partial charge is 0.467 e. The van der Waals surface area contributed by atoms with Gasteiger partial charge in [-0.1, -0.05) is 100 Å². The number of benzene rings is 1. The molecule has 254 valence electrons. The Hall–Kier alpha value is -2.66. The van der Waals surface area contributed by atoms with Crippen LogP contribution in [0.4, 0.5) is 0 Å². The lowest BCUT2D eigenvalue weighted by Gasteiger charge is -2.31. The van der Waals surface area contributed by atoms with Crippen LogP contribution < -0.4 is 0 Å². The van der Waals surface area contributed by atoms with Crippen LogP contribution in [-0.2, 0) is 19.1 Å². The summed E-state index contributed by atoms with van der Waals surface area (Å²) in [4.78, 5) is 21.1. The average molecular weight is 625 g/mol. The second-order valence-electron chi connectivity index (χ2n) is 13.3. The van der Waals surface area contributed by atoms with Gasteiger partial charge in [0.1, 0.15) is 0 Å². The van der Waals surface area contributed by atoms with Crippen molar-refractivity contribution in [3.05, 3.63) is 65.8 Å². The molecule has 0 spiro atoms. The molecule has 1 N–H and O–H groups in total. The first-order chi connectivity index (χ1) is 21.8. The number of allylic oxidation sites excluding steroid dienone is 3. The molecule has 45 heavy (non-hydrogen) atoms. The summed E-state index contributed by atoms with van der Waals surface area (Å²) in [6, 6.07) is 9.42. The molecular weight excluding hydrogens is 560 g/mol. The summed E-state index contributed by atoms with van der Waals surface area (Å²) in [7, 11) is 0. The highest BCUT2D eigenvalue weighted by Crippen LogP contribution is 2.39. The zero-order chi connectivity index (χ0) is 33.3. The average Bonchev–Trinajstić information content (AvgIpc) is 3.07. The Morgan fingerprint density at radius 1 is 0.867 bits per heavy atom. The number of aliphatic hydroxyl groups excluding tert-OH is 1. The first-order valence-electron chi connectivity index (χ1n) is 17.6. The van der Waals surface area contributed by atoms with Gasteiger partial charge in [-0.3, -0.25) is 9.59 Å². The van der Waals surface area contributed by atoms with Crippen molar-refractivity contribution in [2.24, 2.45) is 17.8 Å². The summed E-state index contributed by atoms with van der Waals surface area (Å²) in [6.07, 6.45) is 21.5. The second-order valence-corrected chi connectivity index (χ2v) is 13.3. The Balaban J connectivity index is 0.000000877. The molecule has 1 fully saturated rings. The lowest BCUT2D eigenvalue weighted by molar-refractivity contribution is -0.133. The van der Waals surface area contributed by atoms with Gasteiger partial charge in [0.05, 0.1) is 19.8 Å². The molecule has 5 nitrogen and oxygen atoms in total. The second kappa shape index (κ2) is 25.5. The first kappa shape index (κ1) is 40.4. The molecule has 1 unspecified atom stereocenters. The van der Waals surface area contributed by atoms with E-state index in [4.69, 9.17) is 14.6 Å². The molecule has 1 saturated carbocycles. The van der Waals surface area contributed by atoms with E-state index in [1.807, 2.05) is 6.92 Å². The minimum Gasteiger partial charge on any atom is -0.467 e. The topological polar surface area (TPSA) is 72.8 Å². The molecule has 0 radical (unpaired) electrons. The number of carbonyl (C=O) groups is 2. The van der Waals surface area contributed by atoms with E-state index < -0.39 is 0 Å². The van der Waals surface area contributed by atoms with E-state index in [1.165, 1.54) is 100 Å². The molecule has 0 bridgehead atoms. The highest BCUT2D eigenvalue weighted by Gasteiger charge is 2.25. The Labute approximate surface area is 275 Å². The summed E-state index contributed by atoms with van der Waals surface area (Å²) in [5, 5.41) is 8.04. The molecule has 5 heteroatoms. The lowest BCUT2D eigenvalue weighted by Crippen LogP contribution is -2.22. The fraction of sp³-hybridized carbons (Fsp3) is 0.650. The summed E-state index contributed by atoms with van der Waals surface area (Å²) in [5.74, 6) is 2.22. The van der Waals surface area contributed by atoms with E-state index in [2.05, 4.69) is 57.3 Å². The Morgan fingerprint density at radius 3 is 1.91 bits per heavy atom. The van der Waals surface area contributed by atoms with Crippen LogP contribution in [0.1, 0.15) is 141 Å². The third-order valence-electron chi connectivity index (χ3n) is 9.18. The number of aliphatic hydroxyl groups is 1. The molecule has 0 heterocycles. The van der Waals surface area contributed by atoms with Crippen LogP contribution in [0, 0.1) is 17.8 Å². The molecule has 1 aromatic carbocycles. The Morgan fingerprint density at radius 2 is 1.44 bits per heavy atom. The summed E-state index contributed by atoms with van der Waals surface area (Å²) in [6.45, 7) is 17.0. The molecule has 2 aliphatic rings. The molecule has 2 aliphatic carbocycles. The van der Waals surface area contributed by atoms with Crippen molar-refractivity contribution in [2.45, 2.75) is 130 Å². The van der Waals surface area contributed by atoms with Gasteiger partial charge in [-0.2, -0.15) is 0 Å². The summed E-state index contributed by atoms with van der Waals surface area (Å²) in [5.41, 5.74) is 6.49. The van der Waals surface area contributed by atoms with Gasteiger partial charge in [0.15, 0.2) is 0 Å². The van der Waals surface area contributed by atoms with E-state index >= 15 is 0 Å². The molecule has 0 saturated heterocycles. The number of unbranched alkanes of at least 4 members (excludes halogenated alkanes) is 4. The third-order valence-corrected chi connectivity index (χ3v) is 9.18. The number of carbonyl (C=O) groups excluding carboxylic acids is 2. The van der Waals surface area contributed by atoms with Crippen molar-refractivity contribution in [3.8, 4) is 0 Å². The molecule has 1 aromatic rings. The SMILES string of the molecule is C=C(C)CC.C=C(C)CO.CCCCCCCC1CC=C(c2ccc(C3CCC(CC(COC=O)COC=O)CC3)cc2)CC1. The number of hydrogen-bond acceptors (Lipinski definition) is 5. The molecule has 0 aromatic heterocycles. The Kier molecular flexibility index (Phi) is 22.9. The van der Waals surface area contributed by atoms with Crippen LogP contribution in [0.2, 0.25) is 0 Å². The van der Waals surface area contributed by atoms with Gasteiger partial charge in [0, 0.05) is 5.92 Å². The van der Waals surface area contributed by atoms with Crippen molar-refractivity contribution >= 4 is 18.5 Å². The molecular formula is C40H64O5. The van der Waals surface area contributed by atoms with Gasteiger partial charge in [0.2, 0.25) is 0 Å². The molecule has 3 rings (SSSR count). The van der Waals surface area contributed by atoms with Gasteiger partial charge < -0.3 is 14.6 Å². The van der Waals surface area contributed by atoms with Crippen molar-refractivity contribution in [1.82, 2.24) is 0 Å². The van der Waals surface area contributed by atoms with E-state index in [-0.39, 0.29) is 12.5 Å². The van der Waals surface area contributed by atoms with E-state index in [0.29, 0.717) is 38.0 Å². The predicted molar refractivity (Wildman–Crippen MR) is 189 cm³/mol. The number of rotatable bonds is 18. The standard InChI is InChI=1S/C31H46O4.C5H10.C4H8O/c1-2-3-4-5-6-7-25-8-12-28(13-9-25)30-16-18-31(19-17-30)29-14-10-26(11-15-29)20-27(21-34-23-32)22-35-24-33;1-4-5(2)3;1-4(2)3-5/h12,16-19,23-27,29H,2-11,13-15,20-22H2,1H3;2,4H2,1,3H3;5H,1,3H2,2H3. The lowest BCUT2D eigenvalue weighted by atomic mass is 9.75. The minimum absolute atomic E-state index is 0.0932. The normalized spacial score (nSPS) is 19.2. The van der Waals surface area contributed by atoms with Crippen LogP contribution in [0.15, 0.2) is 54.6 Å². The zero-order valence-corrected chi connectivity index (χ0v) is 29.1. The van der Waals surface area contributed by atoms with Gasteiger partial charge in [0.25, 0.3) is 12.9 Å². The highest BCUT2D eigenvalue weighted by molar-refractivity contribution is 5.66. The smallest absolute Gasteiger partial charge is 0.293 e. The maximum atomic E-state index is 10.5. The van der Waals surface area contributed by atoms with Crippen LogP contribution in [0.25, 0.3) is 5.57 Å².